The van der Waals surface area contributed by atoms with Gasteiger partial charge in [-0.3, -0.25) is 4.79 Å². The van der Waals surface area contributed by atoms with Crippen LogP contribution in [0.1, 0.15) is 24.0 Å². The fraction of sp³-hybridized carbons (Fsp3) is 0.389. The van der Waals surface area contributed by atoms with Crippen molar-refractivity contribution in [3.8, 4) is 0 Å². The number of anilines is 1. The largest absolute Gasteiger partial charge is 0.468 e. The second-order valence-electron chi connectivity index (χ2n) is 6.11. The number of hydrogen-bond donors (Lipinski definition) is 0. The zero-order valence-corrected chi connectivity index (χ0v) is 14.6. The lowest BCUT2D eigenvalue weighted by molar-refractivity contribution is -0.148. The summed E-state index contributed by atoms with van der Waals surface area (Å²) in [6.45, 7) is 3.50. The second-order valence-corrected chi connectivity index (χ2v) is 6.50. The molecule has 0 saturated carbocycles. The van der Waals surface area contributed by atoms with Crippen molar-refractivity contribution >= 4 is 23.3 Å². The summed E-state index contributed by atoms with van der Waals surface area (Å²) in [6, 6.07) is 9.84. The van der Waals surface area contributed by atoms with E-state index in [2.05, 4.69) is 15.1 Å². The number of carbonyl (C=O) groups excluding carboxylic acids is 1. The molecule has 0 N–H and O–H groups in total. The fourth-order valence-corrected chi connectivity index (χ4v) is 3.69. The monoisotopic (exact) mass is 345 g/mol. The number of methoxy groups -OCH3 is 1. The van der Waals surface area contributed by atoms with Gasteiger partial charge in [-0.05, 0) is 30.9 Å². The van der Waals surface area contributed by atoms with Gasteiger partial charge in [0.05, 0.1) is 24.4 Å². The van der Waals surface area contributed by atoms with Crippen LogP contribution in [0.4, 0.5) is 5.69 Å². The first-order chi connectivity index (χ1) is 11.6. The highest BCUT2D eigenvalue weighted by Crippen LogP contribution is 2.39. The summed E-state index contributed by atoms with van der Waals surface area (Å²) in [6.07, 6.45) is 3.07. The Labute approximate surface area is 146 Å². The van der Waals surface area contributed by atoms with Gasteiger partial charge in [0, 0.05) is 19.2 Å². The number of hydrogen-bond acceptors (Lipinski definition) is 5. The number of aromatic nitrogens is 2. The molecule has 2 aromatic rings. The highest BCUT2D eigenvalue weighted by atomic mass is 35.5. The third-order valence-electron chi connectivity index (χ3n) is 4.83. The van der Waals surface area contributed by atoms with Gasteiger partial charge >= 0.3 is 5.97 Å². The third kappa shape index (κ3) is 2.96. The van der Waals surface area contributed by atoms with Gasteiger partial charge in [0.15, 0.2) is 5.15 Å². The van der Waals surface area contributed by atoms with Crippen molar-refractivity contribution in [2.24, 2.45) is 0 Å². The average molecular weight is 346 g/mol. The van der Waals surface area contributed by atoms with E-state index in [1.807, 2.05) is 31.2 Å². The number of carbonyl (C=O) groups is 1. The van der Waals surface area contributed by atoms with Crippen molar-refractivity contribution in [1.29, 1.82) is 0 Å². The van der Waals surface area contributed by atoms with Crippen LogP contribution in [0.2, 0.25) is 5.15 Å². The lowest BCUT2D eigenvalue weighted by Gasteiger charge is -2.41. The SMILES string of the molecule is COC(=O)C1(c2ccccc2C)CCN(c2cnnc(Cl)c2)CC1. The van der Waals surface area contributed by atoms with Gasteiger partial charge in [-0.25, -0.2) is 0 Å². The quantitative estimate of drug-likeness (QED) is 0.800. The molecule has 0 aliphatic carbocycles. The van der Waals surface area contributed by atoms with Gasteiger partial charge in [0.25, 0.3) is 0 Å². The molecule has 1 aliphatic rings. The minimum atomic E-state index is -0.596. The van der Waals surface area contributed by atoms with E-state index >= 15 is 0 Å². The second kappa shape index (κ2) is 6.77. The molecule has 1 fully saturated rings. The molecule has 2 heterocycles. The summed E-state index contributed by atoms with van der Waals surface area (Å²) in [7, 11) is 1.46. The molecule has 0 amide bonds. The predicted octanol–water partition coefficient (Wildman–Crippen LogP) is 3.15. The average Bonchev–Trinajstić information content (AvgIpc) is 2.61. The Morgan fingerprint density at radius 1 is 1.29 bits per heavy atom. The Bertz CT molecular complexity index is 743. The first-order valence-corrected chi connectivity index (χ1v) is 8.32. The summed E-state index contributed by atoms with van der Waals surface area (Å²) < 4.78 is 5.16. The minimum absolute atomic E-state index is 0.165. The summed E-state index contributed by atoms with van der Waals surface area (Å²) in [4.78, 5) is 14.8. The van der Waals surface area contributed by atoms with E-state index in [-0.39, 0.29) is 5.97 Å². The van der Waals surface area contributed by atoms with Crippen LogP contribution in [0.15, 0.2) is 36.5 Å². The number of piperidine rings is 1. The number of benzene rings is 1. The number of ether oxygens (including phenoxy) is 1. The lowest BCUT2D eigenvalue weighted by atomic mass is 9.71. The minimum Gasteiger partial charge on any atom is -0.468 e. The van der Waals surface area contributed by atoms with E-state index in [9.17, 15) is 4.79 Å². The van der Waals surface area contributed by atoms with Crippen molar-refractivity contribution in [1.82, 2.24) is 10.2 Å². The fourth-order valence-electron chi connectivity index (χ4n) is 3.54. The maximum absolute atomic E-state index is 12.7. The zero-order chi connectivity index (χ0) is 17.2. The molecule has 1 aromatic carbocycles. The van der Waals surface area contributed by atoms with Crippen LogP contribution < -0.4 is 4.90 Å². The van der Waals surface area contributed by atoms with E-state index < -0.39 is 5.41 Å². The van der Waals surface area contributed by atoms with Gasteiger partial charge in [0.1, 0.15) is 0 Å². The van der Waals surface area contributed by atoms with E-state index in [0.29, 0.717) is 18.0 Å². The van der Waals surface area contributed by atoms with Crippen LogP contribution in [0.3, 0.4) is 0 Å². The number of aryl methyl sites for hydroxylation is 1. The molecule has 1 aromatic heterocycles. The molecule has 0 spiro atoms. The summed E-state index contributed by atoms with van der Waals surface area (Å²) in [5.74, 6) is -0.165. The van der Waals surface area contributed by atoms with Crippen molar-refractivity contribution in [3.63, 3.8) is 0 Å². The zero-order valence-electron chi connectivity index (χ0n) is 13.8. The maximum Gasteiger partial charge on any atom is 0.316 e. The van der Waals surface area contributed by atoms with Crippen molar-refractivity contribution < 1.29 is 9.53 Å². The van der Waals surface area contributed by atoms with Crippen LogP contribution >= 0.6 is 11.6 Å². The molecule has 0 bridgehead atoms. The molecule has 6 heteroatoms. The van der Waals surface area contributed by atoms with E-state index in [0.717, 1.165) is 29.9 Å². The van der Waals surface area contributed by atoms with Crippen molar-refractivity contribution in [3.05, 3.63) is 52.8 Å². The Hall–Kier alpha value is -2.14. The Morgan fingerprint density at radius 2 is 2.00 bits per heavy atom. The van der Waals surface area contributed by atoms with Crippen LogP contribution in [-0.4, -0.2) is 36.4 Å². The van der Waals surface area contributed by atoms with E-state index in [4.69, 9.17) is 16.3 Å². The van der Waals surface area contributed by atoms with Crippen molar-refractivity contribution in [2.75, 3.05) is 25.1 Å². The van der Waals surface area contributed by atoms with Gasteiger partial charge in [-0.1, -0.05) is 35.9 Å². The number of esters is 1. The molecule has 126 valence electrons. The summed E-state index contributed by atoms with van der Waals surface area (Å²) >= 11 is 5.94. The van der Waals surface area contributed by atoms with Gasteiger partial charge in [-0.2, -0.15) is 5.10 Å². The number of halogens is 1. The Balaban J connectivity index is 1.89. The molecule has 24 heavy (non-hydrogen) atoms. The molecule has 3 rings (SSSR count). The van der Waals surface area contributed by atoms with Crippen LogP contribution in [0, 0.1) is 6.92 Å². The highest BCUT2D eigenvalue weighted by molar-refractivity contribution is 6.29. The molecule has 1 aliphatic heterocycles. The molecular weight excluding hydrogens is 326 g/mol. The normalized spacial score (nSPS) is 16.7. The number of nitrogens with zero attached hydrogens (tertiary/aromatic N) is 3. The predicted molar refractivity (Wildman–Crippen MR) is 93.4 cm³/mol. The molecule has 5 nitrogen and oxygen atoms in total. The lowest BCUT2D eigenvalue weighted by Crippen LogP contribution is -2.48. The maximum atomic E-state index is 12.7. The molecule has 0 radical (unpaired) electrons. The standard InChI is InChI=1S/C18H20ClN3O2/c1-13-5-3-4-6-15(13)18(17(23)24-2)7-9-22(10-8-18)14-11-16(19)21-20-12-14/h3-6,11-12H,7-10H2,1-2H3. The van der Waals surface area contributed by atoms with Crippen LogP contribution in [0.25, 0.3) is 0 Å². The summed E-state index contributed by atoms with van der Waals surface area (Å²) in [5, 5.41) is 8.05. The first-order valence-electron chi connectivity index (χ1n) is 7.94. The van der Waals surface area contributed by atoms with Gasteiger partial charge in [0.2, 0.25) is 0 Å². The Kier molecular flexibility index (Phi) is 4.71. The topological polar surface area (TPSA) is 55.3 Å². The third-order valence-corrected chi connectivity index (χ3v) is 5.01. The van der Waals surface area contributed by atoms with Crippen LogP contribution in [-0.2, 0) is 14.9 Å². The molecule has 1 saturated heterocycles. The van der Waals surface area contributed by atoms with Gasteiger partial charge < -0.3 is 9.64 Å². The van der Waals surface area contributed by atoms with Crippen LogP contribution in [0.5, 0.6) is 0 Å². The van der Waals surface area contributed by atoms with Crippen molar-refractivity contribution in [2.45, 2.75) is 25.2 Å². The van der Waals surface area contributed by atoms with Gasteiger partial charge in [-0.15, -0.1) is 5.10 Å². The highest BCUT2D eigenvalue weighted by Gasteiger charge is 2.44. The summed E-state index contributed by atoms with van der Waals surface area (Å²) in [5.41, 5.74) is 2.51. The molecule has 0 atom stereocenters. The van der Waals surface area contributed by atoms with E-state index in [1.54, 1.807) is 12.3 Å². The molecule has 0 unspecified atom stereocenters. The smallest absolute Gasteiger partial charge is 0.316 e. The first kappa shape index (κ1) is 16.7. The number of rotatable bonds is 3. The molecular formula is C18H20ClN3O2. The van der Waals surface area contributed by atoms with E-state index in [1.165, 1.54) is 7.11 Å². The Morgan fingerprint density at radius 3 is 2.62 bits per heavy atom.